The molecule has 0 aromatic rings. The molecule has 40 valence electrons. The fraction of sp³-hybridized carbons (Fsp3) is 0. The normalized spacial score (nSPS) is 2.29. The smallest absolute Gasteiger partial charge is 0.724 e. The zero-order valence-corrected chi connectivity index (χ0v) is 5.30. The molecule has 0 aromatic heterocycles. The Labute approximate surface area is 54.2 Å². The average molecular weight is 279 g/mol. The van der Waals surface area contributed by atoms with Crippen LogP contribution in [0.1, 0.15) is 0 Å². The van der Waals surface area contributed by atoms with Crippen LogP contribution in [0.15, 0.2) is 0 Å². The van der Waals surface area contributed by atoms with Gasteiger partial charge in [-0.3, -0.25) is 9.59 Å². The molecule has 0 saturated heterocycles. The van der Waals surface area contributed by atoms with Crippen molar-refractivity contribution < 1.29 is 30.7 Å². The van der Waals surface area contributed by atoms with Gasteiger partial charge in [-0.2, -0.15) is 0 Å². The maximum atomic E-state index is 8.24. The molecule has 4 nitrogen and oxygen atoms in total. The fourth-order valence-electron chi connectivity index (χ4n) is 0. The van der Waals surface area contributed by atoms with Crippen molar-refractivity contribution in [2.45, 2.75) is 0 Å². The summed E-state index contributed by atoms with van der Waals surface area (Å²) in [4.78, 5) is 16.5. The van der Waals surface area contributed by atoms with Crippen molar-refractivity contribution in [3.63, 3.8) is 0 Å². The second-order valence-corrected chi connectivity index (χ2v) is 0.183. The van der Waals surface area contributed by atoms with Crippen LogP contribution in [0, 0.1) is 0 Å². The van der Waals surface area contributed by atoms with Gasteiger partial charge in [0, 0.05) is 0 Å². The number of hydrogen-bond donors (Lipinski definition) is 0. The predicted molar refractivity (Wildman–Crippen MR) is 18.1 cm³/mol. The first-order chi connectivity index (χ1) is 2.83. The van der Waals surface area contributed by atoms with Gasteiger partial charge in [0.2, 0.25) is 0 Å². The molecule has 0 aromatic carbocycles. The molecule has 0 spiro atoms. The number of carbonyl (C=O) groups excluding carboxylic acids is 2. The van der Waals surface area contributed by atoms with Crippen LogP contribution in [0.4, 0.5) is 0 Å². The van der Waals surface area contributed by atoms with Crippen LogP contribution in [-0.2, 0) is 30.7 Å². The standard InChI is InChI=1S/2CNO.Pt/c2*2-1-3;/q2*-1;+2. The molecule has 0 N–H and O–H groups in total. The Hall–Kier alpha value is -0.552. The first kappa shape index (κ1) is 16.1. The zero-order chi connectivity index (χ0) is 5.41. The van der Waals surface area contributed by atoms with Gasteiger partial charge in [-0.1, -0.05) is 0 Å². The van der Waals surface area contributed by atoms with Gasteiger partial charge in [0.25, 0.3) is 0 Å². The van der Waals surface area contributed by atoms with Crippen LogP contribution >= 0.6 is 0 Å². The molecule has 0 aliphatic rings. The molecule has 0 saturated carbocycles. The van der Waals surface area contributed by atoms with Crippen molar-refractivity contribution in [1.29, 1.82) is 0 Å². The minimum atomic E-state index is 0. The van der Waals surface area contributed by atoms with Crippen molar-refractivity contribution in [2.24, 2.45) is 0 Å². The molecule has 7 heavy (non-hydrogen) atoms. The summed E-state index contributed by atoms with van der Waals surface area (Å²) in [5.74, 6) is 0. The van der Waals surface area contributed by atoms with E-state index in [0.717, 1.165) is 0 Å². The van der Waals surface area contributed by atoms with Gasteiger partial charge in [0.15, 0.2) is 0 Å². The number of nitrogens with zero attached hydrogens (tertiary/aromatic N) is 2. The van der Waals surface area contributed by atoms with Crippen LogP contribution in [0.5, 0.6) is 0 Å². The van der Waals surface area contributed by atoms with Gasteiger partial charge in [0.1, 0.15) is 0 Å². The van der Waals surface area contributed by atoms with E-state index in [1.165, 1.54) is 0 Å². The Morgan fingerprint density at radius 1 is 1.00 bits per heavy atom. The minimum Gasteiger partial charge on any atom is -0.724 e. The molecule has 0 bridgehead atoms. The molecule has 0 heterocycles. The second kappa shape index (κ2) is 51.4. The van der Waals surface area contributed by atoms with Crippen LogP contribution < -0.4 is 0 Å². The molecule has 0 unspecified atom stereocenters. The van der Waals surface area contributed by atoms with E-state index in [1.807, 2.05) is 0 Å². The molecule has 0 fully saturated rings. The van der Waals surface area contributed by atoms with E-state index in [1.54, 1.807) is 0 Å². The molecule has 0 amide bonds. The average Bonchev–Trinajstić information content (AvgIpc) is 1.39. The summed E-state index contributed by atoms with van der Waals surface area (Å²) in [7, 11) is 0. The first-order valence-electron chi connectivity index (χ1n) is 0.855. The van der Waals surface area contributed by atoms with Crippen molar-refractivity contribution in [2.75, 3.05) is 0 Å². The van der Waals surface area contributed by atoms with Crippen molar-refractivity contribution >= 4 is 12.2 Å². The van der Waals surface area contributed by atoms with Crippen LogP contribution in [0.25, 0.3) is 10.8 Å². The molecule has 0 rings (SSSR count). The van der Waals surface area contributed by atoms with Gasteiger partial charge in [-0.05, 0) is 12.2 Å². The fourth-order valence-corrected chi connectivity index (χ4v) is 0. The second-order valence-electron chi connectivity index (χ2n) is 0.183. The third-order valence-electron chi connectivity index (χ3n) is 0. The Morgan fingerprint density at radius 3 is 1.00 bits per heavy atom. The molecule has 5 heteroatoms. The zero-order valence-electron chi connectivity index (χ0n) is 3.03. The Balaban J connectivity index is -0.0000000400. The van der Waals surface area contributed by atoms with E-state index in [4.69, 9.17) is 20.4 Å². The largest absolute Gasteiger partial charge is 2.00 e. The summed E-state index contributed by atoms with van der Waals surface area (Å²) in [6.07, 6.45) is 1.00. The van der Waals surface area contributed by atoms with Crippen molar-refractivity contribution in [3.8, 4) is 0 Å². The summed E-state index contributed by atoms with van der Waals surface area (Å²) in [5.41, 5.74) is 0. The van der Waals surface area contributed by atoms with Crippen molar-refractivity contribution in [3.05, 3.63) is 10.8 Å². The van der Waals surface area contributed by atoms with Crippen LogP contribution in [0.2, 0.25) is 0 Å². The number of rotatable bonds is 0. The number of hydrogen-bond acceptors (Lipinski definition) is 2. The summed E-state index contributed by atoms with van der Waals surface area (Å²) in [6.45, 7) is 0. The van der Waals surface area contributed by atoms with Gasteiger partial charge in [0.05, 0.1) is 0 Å². The van der Waals surface area contributed by atoms with Gasteiger partial charge >= 0.3 is 21.1 Å². The predicted octanol–water partition coefficient (Wildman–Crippen LogP) is -0.219. The van der Waals surface area contributed by atoms with Crippen LogP contribution in [0.3, 0.4) is 0 Å². The summed E-state index contributed by atoms with van der Waals surface area (Å²) < 4.78 is 0. The van der Waals surface area contributed by atoms with Crippen molar-refractivity contribution in [1.82, 2.24) is 0 Å². The topological polar surface area (TPSA) is 78.7 Å². The Morgan fingerprint density at radius 2 is 1.00 bits per heavy atom. The first-order valence-corrected chi connectivity index (χ1v) is 0.855. The van der Waals surface area contributed by atoms with Gasteiger partial charge in [-0.25, -0.2) is 0 Å². The third kappa shape index (κ3) is 213. The Bertz CT molecular complexity index is 67.7. The van der Waals surface area contributed by atoms with E-state index >= 15 is 0 Å². The molecular formula is C2N2O2Pt. The summed E-state index contributed by atoms with van der Waals surface area (Å²) in [5, 5.41) is 13.5. The summed E-state index contributed by atoms with van der Waals surface area (Å²) >= 11 is 0. The quantitative estimate of drug-likeness (QED) is 0.454. The van der Waals surface area contributed by atoms with Gasteiger partial charge in [-0.15, -0.1) is 0 Å². The molecule has 0 aliphatic heterocycles. The van der Waals surface area contributed by atoms with E-state index < -0.39 is 0 Å². The van der Waals surface area contributed by atoms with Crippen LogP contribution in [-0.4, -0.2) is 12.2 Å². The molecule has 0 aliphatic carbocycles. The molecule has 0 radical (unpaired) electrons. The monoisotopic (exact) mass is 279 g/mol. The maximum absolute atomic E-state index is 8.24. The SMILES string of the molecule is [N-]=C=O.[N-]=C=O.[Pt+2]. The van der Waals surface area contributed by atoms with E-state index in [0.29, 0.717) is 12.2 Å². The summed E-state index contributed by atoms with van der Waals surface area (Å²) in [6, 6.07) is 0. The van der Waals surface area contributed by atoms with E-state index in [9.17, 15) is 0 Å². The van der Waals surface area contributed by atoms with E-state index in [-0.39, 0.29) is 21.1 Å². The minimum absolute atomic E-state index is 0. The van der Waals surface area contributed by atoms with E-state index in [2.05, 4.69) is 0 Å². The van der Waals surface area contributed by atoms with Gasteiger partial charge < -0.3 is 10.8 Å². The number of isocyanates is 2. The third-order valence-corrected chi connectivity index (χ3v) is 0. The molecule has 0 atom stereocenters. The Kier molecular flexibility index (Phi) is 118. The maximum Gasteiger partial charge on any atom is 2.00 e. The molecular weight excluding hydrogens is 279 g/mol.